The average molecular weight is 261 g/mol. The van der Waals surface area contributed by atoms with Gasteiger partial charge in [-0.15, -0.1) is 0 Å². The first-order valence-electron chi connectivity index (χ1n) is 6.19. The monoisotopic (exact) mass is 261 g/mol. The quantitative estimate of drug-likeness (QED) is 0.892. The predicted octanol–water partition coefficient (Wildman–Crippen LogP) is 3.16. The number of carbonyl (C=O) groups is 1. The van der Waals surface area contributed by atoms with Crippen molar-refractivity contribution in [3.63, 3.8) is 0 Å². The van der Waals surface area contributed by atoms with E-state index in [1.165, 1.54) is 0 Å². The average Bonchev–Trinajstić information content (AvgIpc) is 2.64. The predicted molar refractivity (Wildman–Crippen MR) is 75.0 cm³/mol. The summed E-state index contributed by atoms with van der Waals surface area (Å²) in [5.41, 5.74) is 2.64. The molecule has 0 saturated heterocycles. The molecule has 4 heteroatoms. The molecular weight excluding hydrogens is 242 g/mol. The zero-order chi connectivity index (χ0) is 14.4. The SMILES string of the molecule is COc1cc(C)cc2c(C(C)(C)C(=O)O)c(C)[nH]c12. The Labute approximate surface area is 112 Å². The van der Waals surface area contributed by atoms with E-state index in [1.54, 1.807) is 21.0 Å². The van der Waals surface area contributed by atoms with Crippen molar-refractivity contribution in [1.29, 1.82) is 0 Å². The lowest BCUT2D eigenvalue weighted by molar-refractivity contribution is -0.142. The Kier molecular flexibility index (Phi) is 3.04. The summed E-state index contributed by atoms with van der Waals surface area (Å²) < 4.78 is 5.37. The number of hydrogen-bond acceptors (Lipinski definition) is 2. The third kappa shape index (κ3) is 1.97. The minimum absolute atomic E-state index is 0.741. The number of benzene rings is 1. The van der Waals surface area contributed by atoms with Crippen LogP contribution in [0.4, 0.5) is 0 Å². The number of aromatic nitrogens is 1. The number of H-pyrrole nitrogens is 1. The van der Waals surface area contributed by atoms with E-state index < -0.39 is 11.4 Å². The van der Waals surface area contributed by atoms with Gasteiger partial charge in [0.25, 0.3) is 0 Å². The van der Waals surface area contributed by atoms with Crippen molar-refractivity contribution in [3.8, 4) is 5.75 Å². The molecule has 19 heavy (non-hydrogen) atoms. The summed E-state index contributed by atoms with van der Waals surface area (Å²) in [6, 6.07) is 3.94. The second kappa shape index (κ2) is 4.30. The molecule has 102 valence electrons. The van der Waals surface area contributed by atoms with Crippen molar-refractivity contribution in [2.45, 2.75) is 33.1 Å². The Morgan fingerprint density at radius 3 is 2.47 bits per heavy atom. The summed E-state index contributed by atoms with van der Waals surface area (Å²) in [6.45, 7) is 7.32. The summed E-state index contributed by atoms with van der Waals surface area (Å²) in [5, 5.41) is 10.4. The molecule has 4 nitrogen and oxygen atoms in total. The first-order chi connectivity index (χ1) is 8.78. The minimum Gasteiger partial charge on any atom is -0.495 e. The molecular formula is C15H19NO3. The highest BCUT2D eigenvalue weighted by atomic mass is 16.5. The molecule has 1 aromatic heterocycles. The van der Waals surface area contributed by atoms with Crippen LogP contribution in [0.3, 0.4) is 0 Å². The van der Waals surface area contributed by atoms with Crippen LogP contribution in [0.1, 0.15) is 30.7 Å². The molecule has 2 N–H and O–H groups in total. The Balaban J connectivity index is 2.86. The highest BCUT2D eigenvalue weighted by molar-refractivity contribution is 5.96. The highest BCUT2D eigenvalue weighted by Gasteiger charge is 2.34. The maximum absolute atomic E-state index is 11.5. The molecule has 2 rings (SSSR count). The molecule has 0 fully saturated rings. The topological polar surface area (TPSA) is 62.3 Å². The molecule has 1 aromatic carbocycles. The van der Waals surface area contributed by atoms with Gasteiger partial charge in [0.05, 0.1) is 18.0 Å². The van der Waals surface area contributed by atoms with Crippen molar-refractivity contribution >= 4 is 16.9 Å². The van der Waals surface area contributed by atoms with Crippen LogP contribution in [-0.2, 0) is 10.2 Å². The molecule has 2 aromatic rings. The van der Waals surface area contributed by atoms with Gasteiger partial charge in [-0.3, -0.25) is 4.79 Å². The van der Waals surface area contributed by atoms with E-state index in [-0.39, 0.29) is 0 Å². The van der Waals surface area contributed by atoms with Gasteiger partial charge in [0.15, 0.2) is 0 Å². The van der Waals surface area contributed by atoms with Gasteiger partial charge in [-0.05, 0) is 51.0 Å². The lowest BCUT2D eigenvalue weighted by Gasteiger charge is -2.20. The van der Waals surface area contributed by atoms with Crippen LogP contribution in [0.15, 0.2) is 12.1 Å². The van der Waals surface area contributed by atoms with Crippen LogP contribution in [0.5, 0.6) is 5.75 Å². The number of methoxy groups -OCH3 is 1. The van der Waals surface area contributed by atoms with Crippen LogP contribution in [0.2, 0.25) is 0 Å². The molecule has 0 bridgehead atoms. The number of carboxylic acid groups (broad SMARTS) is 1. The Morgan fingerprint density at radius 1 is 1.32 bits per heavy atom. The van der Waals surface area contributed by atoms with Crippen LogP contribution < -0.4 is 4.74 Å². The largest absolute Gasteiger partial charge is 0.495 e. The van der Waals surface area contributed by atoms with E-state index in [4.69, 9.17) is 4.74 Å². The van der Waals surface area contributed by atoms with E-state index >= 15 is 0 Å². The summed E-state index contributed by atoms with van der Waals surface area (Å²) in [5.74, 6) is -0.0949. The van der Waals surface area contributed by atoms with Gasteiger partial charge in [-0.1, -0.05) is 0 Å². The van der Waals surface area contributed by atoms with Gasteiger partial charge in [0.2, 0.25) is 0 Å². The number of rotatable bonds is 3. The van der Waals surface area contributed by atoms with Crippen LogP contribution in [0.25, 0.3) is 10.9 Å². The van der Waals surface area contributed by atoms with Crippen molar-refractivity contribution in [1.82, 2.24) is 4.98 Å². The fourth-order valence-electron chi connectivity index (χ4n) is 2.60. The van der Waals surface area contributed by atoms with Gasteiger partial charge in [-0.2, -0.15) is 0 Å². The molecule has 0 radical (unpaired) electrons. The number of aryl methyl sites for hydroxylation is 2. The number of carboxylic acids is 1. The normalized spacial score (nSPS) is 11.8. The third-order valence-corrected chi connectivity index (χ3v) is 3.58. The smallest absolute Gasteiger partial charge is 0.313 e. The van der Waals surface area contributed by atoms with Crippen molar-refractivity contribution in [3.05, 3.63) is 29.0 Å². The lowest BCUT2D eigenvalue weighted by Crippen LogP contribution is -2.29. The summed E-state index contributed by atoms with van der Waals surface area (Å²) in [6.07, 6.45) is 0. The maximum atomic E-state index is 11.5. The van der Waals surface area contributed by atoms with Gasteiger partial charge in [0.1, 0.15) is 5.75 Å². The molecule has 0 unspecified atom stereocenters. The van der Waals surface area contributed by atoms with Crippen molar-refractivity contribution < 1.29 is 14.6 Å². The van der Waals surface area contributed by atoms with E-state index in [2.05, 4.69) is 4.98 Å². The first kappa shape index (κ1) is 13.5. The molecule has 0 saturated carbocycles. The van der Waals surface area contributed by atoms with E-state index in [0.29, 0.717) is 0 Å². The second-order valence-corrected chi connectivity index (χ2v) is 5.44. The number of aromatic amines is 1. The van der Waals surface area contributed by atoms with Crippen LogP contribution >= 0.6 is 0 Å². The minimum atomic E-state index is -0.943. The number of fused-ring (bicyclic) bond motifs is 1. The number of ether oxygens (including phenoxy) is 1. The summed E-state index contributed by atoms with van der Waals surface area (Å²) in [7, 11) is 1.62. The molecule has 0 aliphatic carbocycles. The molecule has 0 aliphatic rings. The molecule has 0 aliphatic heterocycles. The fourth-order valence-corrected chi connectivity index (χ4v) is 2.60. The number of hydrogen-bond donors (Lipinski definition) is 2. The van der Waals surface area contributed by atoms with Crippen molar-refractivity contribution in [2.24, 2.45) is 0 Å². The Bertz CT molecular complexity index is 653. The Morgan fingerprint density at radius 2 is 1.95 bits per heavy atom. The maximum Gasteiger partial charge on any atom is 0.313 e. The van der Waals surface area contributed by atoms with E-state index in [0.717, 1.165) is 33.5 Å². The van der Waals surface area contributed by atoms with Gasteiger partial charge < -0.3 is 14.8 Å². The number of aliphatic carboxylic acids is 1. The zero-order valence-corrected chi connectivity index (χ0v) is 11.9. The van der Waals surface area contributed by atoms with Crippen molar-refractivity contribution in [2.75, 3.05) is 7.11 Å². The lowest BCUT2D eigenvalue weighted by atomic mass is 9.82. The summed E-state index contributed by atoms with van der Waals surface area (Å²) >= 11 is 0. The van der Waals surface area contributed by atoms with Crippen LogP contribution in [0, 0.1) is 13.8 Å². The first-order valence-corrected chi connectivity index (χ1v) is 6.19. The fraction of sp³-hybridized carbons (Fsp3) is 0.400. The molecule has 0 amide bonds. The van der Waals surface area contributed by atoms with Crippen LogP contribution in [-0.4, -0.2) is 23.2 Å². The number of nitrogens with one attached hydrogen (secondary N) is 1. The zero-order valence-electron chi connectivity index (χ0n) is 11.9. The summed E-state index contributed by atoms with van der Waals surface area (Å²) in [4.78, 5) is 14.8. The molecule has 0 spiro atoms. The van der Waals surface area contributed by atoms with E-state index in [9.17, 15) is 9.90 Å². The standard InChI is InChI=1S/C15H19NO3/c1-8-6-10-12(15(3,4)14(17)18)9(2)16-13(10)11(7-8)19-5/h6-7,16H,1-5H3,(H,17,18). The van der Waals surface area contributed by atoms with Gasteiger partial charge >= 0.3 is 5.97 Å². The van der Waals surface area contributed by atoms with Gasteiger partial charge in [-0.25, -0.2) is 0 Å². The second-order valence-electron chi connectivity index (χ2n) is 5.44. The third-order valence-electron chi connectivity index (χ3n) is 3.58. The van der Waals surface area contributed by atoms with Gasteiger partial charge in [0, 0.05) is 11.1 Å². The highest BCUT2D eigenvalue weighted by Crippen LogP contribution is 2.37. The van der Waals surface area contributed by atoms with E-state index in [1.807, 2.05) is 26.0 Å². The molecule has 0 atom stereocenters. The molecule has 1 heterocycles. The Hall–Kier alpha value is -1.97.